The largest absolute Gasteiger partial charge is 0.474 e. The van der Waals surface area contributed by atoms with Crippen LogP contribution >= 0.6 is 0 Å². The molecule has 2 aliphatic rings. The van der Waals surface area contributed by atoms with E-state index in [4.69, 9.17) is 14.2 Å². The molecule has 2 aromatic rings. The molecule has 2 aliphatic heterocycles. The van der Waals surface area contributed by atoms with E-state index in [1.807, 2.05) is 38.7 Å². The molecule has 2 unspecified atom stereocenters. The van der Waals surface area contributed by atoms with Crippen molar-refractivity contribution in [2.75, 3.05) is 0 Å². The van der Waals surface area contributed by atoms with E-state index in [2.05, 4.69) is 15.0 Å². The summed E-state index contributed by atoms with van der Waals surface area (Å²) in [7, 11) is 0. The van der Waals surface area contributed by atoms with Crippen molar-refractivity contribution in [2.24, 2.45) is 0 Å². The van der Waals surface area contributed by atoms with E-state index >= 15 is 0 Å². The molecule has 2 aromatic heterocycles. The molecular weight excluding hydrogens is 410 g/mol. The van der Waals surface area contributed by atoms with Gasteiger partial charge in [-0.15, -0.1) is 0 Å². The van der Waals surface area contributed by atoms with E-state index in [1.165, 1.54) is 12.5 Å². The summed E-state index contributed by atoms with van der Waals surface area (Å²) >= 11 is 0. The summed E-state index contributed by atoms with van der Waals surface area (Å²) in [5.74, 6) is 1.08. The molecule has 4 heterocycles. The van der Waals surface area contributed by atoms with Crippen LogP contribution in [0.4, 0.5) is 4.79 Å². The Morgan fingerprint density at radius 3 is 2.50 bits per heavy atom. The minimum Gasteiger partial charge on any atom is -0.474 e. The number of aromatic nitrogens is 3. The van der Waals surface area contributed by atoms with Crippen LogP contribution in [0.5, 0.6) is 17.5 Å². The lowest BCUT2D eigenvalue weighted by atomic mass is 10.00. The van der Waals surface area contributed by atoms with E-state index in [0.29, 0.717) is 23.1 Å². The van der Waals surface area contributed by atoms with Crippen LogP contribution < -0.4 is 9.47 Å². The molecule has 1 amide bonds. The number of nitrogens with zero attached hydrogens (tertiary/aromatic N) is 5. The normalized spacial score (nSPS) is 22.2. The van der Waals surface area contributed by atoms with E-state index < -0.39 is 5.60 Å². The van der Waals surface area contributed by atoms with Crippen LogP contribution in [0.2, 0.25) is 0 Å². The van der Waals surface area contributed by atoms with Gasteiger partial charge >= 0.3 is 6.09 Å². The summed E-state index contributed by atoms with van der Waals surface area (Å²) < 4.78 is 17.7. The fourth-order valence-corrected chi connectivity index (χ4v) is 4.30. The Morgan fingerprint density at radius 1 is 1.16 bits per heavy atom. The van der Waals surface area contributed by atoms with Crippen LogP contribution in [0.1, 0.15) is 57.7 Å². The molecule has 0 N–H and O–H groups in total. The second kappa shape index (κ2) is 8.61. The number of hydrogen-bond donors (Lipinski definition) is 0. The molecule has 9 nitrogen and oxygen atoms in total. The zero-order chi connectivity index (χ0) is 22.9. The summed E-state index contributed by atoms with van der Waals surface area (Å²) in [6.45, 7) is 7.46. The minimum atomic E-state index is -0.516. The monoisotopic (exact) mass is 437 g/mol. The van der Waals surface area contributed by atoms with Crippen molar-refractivity contribution in [1.29, 1.82) is 5.26 Å². The summed E-state index contributed by atoms with van der Waals surface area (Å²) in [5.41, 5.74) is 0.305. The number of nitriles is 1. The molecule has 2 atom stereocenters. The zero-order valence-electron chi connectivity index (χ0n) is 18.7. The molecule has 2 fully saturated rings. The predicted octanol–water partition coefficient (Wildman–Crippen LogP) is 4.15. The second-order valence-corrected chi connectivity index (χ2v) is 9.16. The van der Waals surface area contributed by atoms with Gasteiger partial charge in [0.1, 0.15) is 24.1 Å². The number of amides is 1. The molecule has 0 spiro atoms. The maximum Gasteiger partial charge on any atom is 0.410 e. The number of pyridine rings is 1. The molecule has 2 bridgehead atoms. The molecule has 4 rings (SSSR count). The number of ether oxygens (including phenoxy) is 3. The Kier molecular flexibility index (Phi) is 5.87. The number of rotatable bonds is 4. The Hall–Kier alpha value is -3.41. The topological polar surface area (TPSA) is 110 Å². The highest BCUT2D eigenvalue weighted by Crippen LogP contribution is 2.39. The van der Waals surface area contributed by atoms with Crippen molar-refractivity contribution in [3.05, 3.63) is 35.9 Å². The maximum atomic E-state index is 12.7. The molecule has 32 heavy (non-hydrogen) atoms. The number of carbonyl (C=O) groups excluding carboxylic acids is 1. The van der Waals surface area contributed by atoms with Crippen LogP contribution in [0.3, 0.4) is 0 Å². The first-order valence-corrected chi connectivity index (χ1v) is 10.8. The number of carbonyl (C=O) groups is 1. The van der Waals surface area contributed by atoms with Crippen molar-refractivity contribution >= 4 is 6.09 Å². The van der Waals surface area contributed by atoms with Crippen LogP contribution in [-0.4, -0.2) is 49.7 Å². The Bertz CT molecular complexity index is 1030. The van der Waals surface area contributed by atoms with E-state index in [9.17, 15) is 10.1 Å². The van der Waals surface area contributed by atoms with Gasteiger partial charge in [0.25, 0.3) is 0 Å². The van der Waals surface area contributed by atoms with Crippen molar-refractivity contribution in [2.45, 2.75) is 77.2 Å². The third-order valence-electron chi connectivity index (χ3n) is 5.65. The van der Waals surface area contributed by atoms with Gasteiger partial charge in [0.15, 0.2) is 11.4 Å². The lowest BCUT2D eigenvalue weighted by molar-refractivity contribution is -0.00772. The minimum absolute atomic E-state index is 0.0688. The van der Waals surface area contributed by atoms with Crippen molar-refractivity contribution in [3.63, 3.8) is 0 Å². The smallest absolute Gasteiger partial charge is 0.410 e. The first-order valence-electron chi connectivity index (χ1n) is 10.8. The van der Waals surface area contributed by atoms with E-state index in [0.717, 1.165) is 25.7 Å². The Balaban J connectivity index is 1.45. The van der Waals surface area contributed by atoms with E-state index in [1.54, 1.807) is 12.1 Å². The van der Waals surface area contributed by atoms with Gasteiger partial charge in [0, 0.05) is 31.1 Å². The predicted molar refractivity (Wildman–Crippen MR) is 114 cm³/mol. The fourth-order valence-electron chi connectivity index (χ4n) is 4.30. The van der Waals surface area contributed by atoms with Crippen LogP contribution in [0, 0.1) is 18.3 Å². The van der Waals surface area contributed by atoms with Crippen LogP contribution in [0.25, 0.3) is 0 Å². The summed E-state index contributed by atoms with van der Waals surface area (Å²) in [6, 6.07) is 5.56. The standard InChI is InChI=1S/C23H27N5O4/c1-14-20(26-13-27-21(14)31-19-6-5-9-25-18(19)12-24)30-17-10-15-7-8-16(11-17)28(15)22(29)32-23(2,3)4/h5-6,9,13,15-17H,7-8,10-11H2,1-4H3. The first kappa shape index (κ1) is 21.8. The molecule has 0 radical (unpaired) electrons. The first-order chi connectivity index (χ1) is 15.2. The van der Waals surface area contributed by atoms with Crippen molar-refractivity contribution in [1.82, 2.24) is 19.9 Å². The molecule has 168 valence electrons. The summed E-state index contributed by atoms with van der Waals surface area (Å²) in [5, 5.41) is 9.23. The van der Waals surface area contributed by atoms with Crippen LogP contribution in [-0.2, 0) is 4.74 Å². The zero-order valence-corrected chi connectivity index (χ0v) is 18.7. The molecule has 2 saturated heterocycles. The highest BCUT2D eigenvalue weighted by molar-refractivity contribution is 5.69. The van der Waals surface area contributed by atoms with Gasteiger partial charge in [-0.3, -0.25) is 0 Å². The lowest BCUT2D eigenvalue weighted by Crippen LogP contribution is -2.50. The highest BCUT2D eigenvalue weighted by atomic mass is 16.6. The summed E-state index contributed by atoms with van der Waals surface area (Å²) in [4.78, 5) is 27.0. The average Bonchev–Trinajstić information content (AvgIpc) is 3.01. The third kappa shape index (κ3) is 4.59. The Morgan fingerprint density at radius 2 is 1.84 bits per heavy atom. The fraction of sp³-hybridized carbons (Fsp3) is 0.522. The van der Waals surface area contributed by atoms with Gasteiger partial charge in [-0.2, -0.15) is 5.26 Å². The highest BCUT2D eigenvalue weighted by Gasteiger charge is 2.45. The van der Waals surface area contributed by atoms with Gasteiger partial charge in [-0.05, 0) is 52.7 Å². The quantitative estimate of drug-likeness (QED) is 0.701. The maximum absolute atomic E-state index is 12.7. The average molecular weight is 438 g/mol. The van der Waals surface area contributed by atoms with Crippen molar-refractivity contribution in [3.8, 4) is 23.6 Å². The van der Waals surface area contributed by atoms with Gasteiger partial charge < -0.3 is 19.1 Å². The summed E-state index contributed by atoms with van der Waals surface area (Å²) in [6.07, 6.45) is 5.92. The van der Waals surface area contributed by atoms with Gasteiger partial charge in [-0.1, -0.05) is 0 Å². The number of piperidine rings is 1. The molecule has 0 aromatic carbocycles. The van der Waals surface area contributed by atoms with Gasteiger partial charge in [-0.25, -0.2) is 19.7 Å². The SMILES string of the molecule is Cc1c(Oc2cccnc2C#N)ncnc1OC1CC2CCC(C1)N2C(=O)OC(C)(C)C. The number of hydrogen-bond acceptors (Lipinski definition) is 8. The van der Waals surface area contributed by atoms with Gasteiger partial charge in [0.2, 0.25) is 11.8 Å². The third-order valence-corrected chi connectivity index (χ3v) is 5.65. The second-order valence-electron chi connectivity index (χ2n) is 9.16. The van der Waals surface area contributed by atoms with Crippen molar-refractivity contribution < 1.29 is 19.0 Å². The molecule has 0 saturated carbocycles. The number of fused-ring (bicyclic) bond motifs is 2. The molecule has 9 heteroatoms. The van der Waals surface area contributed by atoms with Gasteiger partial charge in [0.05, 0.1) is 5.56 Å². The van der Waals surface area contributed by atoms with Crippen LogP contribution in [0.15, 0.2) is 24.7 Å². The molecular formula is C23H27N5O4. The Labute approximate surface area is 187 Å². The van der Waals surface area contributed by atoms with E-state index in [-0.39, 0.29) is 30.0 Å². The lowest BCUT2D eigenvalue weighted by Gasteiger charge is -2.39. The molecule has 0 aliphatic carbocycles.